The van der Waals surface area contributed by atoms with E-state index in [-0.39, 0.29) is 65.8 Å². The second-order valence-corrected chi connectivity index (χ2v) is 12.7. The van der Waals surface area contributed by atoms with Gasteiger partial charge in [0.15, 0.2) is 23.0 Å². The normalized spacial score (nSPS) is 12.7. The number of hydrogen-bond acceptors (Lipinski definition) is 12. The van der Waals surface area contributed by atoms with E-state index >= 15 is 0 Å². The molecular weight excluding hydrogens is 656 g/mol. The molecule has 0 saturated carbocycles. The van der Waals surface area contributed by atoms with Crippen molar-refractivity contribution in [1.82, 2.24) is 29.9 Å². The second-order valence-electron chi connectivity index (χ2n) is 12.7. The third-order valence-electron chi connectivity index (χ3n) is 7.08. The van der Waals surface area contributed by atoms with E-state index in [1.54, 1.807) is 38.1 Å². The summed E-state index contributed by atoms with van der Waals surface area (Å²) < 4.78 is 66.0. The van der Waals surface area contributed by atoms with Crippen molar-refractivity contribution in [2.24, 2.45) is 0 Å². The molecule has 16 heteroatoms. The predicted octanol–water partition coefficient (Wildman–Crippen LogP) is 6.75. The van der Waals surface area contributed by atoms with Gasteiger partial charge in [0.25, 0.3) is 0 Å². The zero-order chi connectivity index (χ0) is 37.2. The molecule has 0 bridgehead atoms. The van der Waals surface area contributed by atoms with Crippen molar-refractivity contribution >= 4 is 23.8 Å². The van der Waals surface area contributed by atoms with E-state index in [9.17, 15) is 17.6 Å². The minimum absolute atomic E-state index is 0.00826. The standard InChI is InChI=1S/C18H25F2N5O.C16H21F2N5O/c1-5-12(8-9-26-13-6-7-14(19)11(2)10-13)22-17-24-15(18(3,4)20)23-16(21)25-17;1-9-5-6-11(7-12(9)17)24-8-10(2)20-15-22-13(16(3,4)18)21-14(19)23-15/h6-7,10,12H,5,8-9H2,1-4H3,(H3,21,22,23,24,25);5-7,10H,8H2,1-4H3,(H3,19,20,21,22,23). The summed E-state index contributed by atoms with van der Waals surface area (Å²) in [6.45, 7) is 13.3. The number of aryl methyl sites for hydroxylation is 2. The monoisotopic (exact) mass is 702 g/mol. The van der Waals surface area contributed by atoms with Gasteiger partial charge >= 0.3 is 0 Å². The molecule has 272 valence electrons. The smallest absolute Gasteiger partial charge is 0.228 e. The Morgan fingerprint density at radius 1 is 0.720 bits per heavy atom. The fourth-order valence-corrected chi connectivity index (χ4v) is 4.18. The molecule has 0 amide bonds. The highest BCUT2D eigenvalue weighted by atomic mass is 19.1. The van der Waals surface area contributed by atoms with Crippen molar-refractivity contribution in [1.29, 1.82) is 0 Å². The van der Waals surface area contributed by atoms with Crippen molar-refractivity contribution in [3.05, 3.63) is 70.8 Å². The summed E-state index contributed by atoms with van der Waals surface area (Å²) in [5, 5.41) is 6.10. The molecular formula is C34H46F4N10O2. The zero-order valence-electron chi connectivity index (χ0n) is 29.6. The molecule has 2 atom stereocenters. The third-order valence-corrected chi connectivity index (χ3v) is 7.08. The lowest BCUT2D eigenvalue weighted by atomic mass is 10.1. The molecule has 2 heterocycles. The lowest BCUT2D eigenvalue weighted by Gasteiger charge is -2.19. The number of aromatic nitrogens is 6. The molecule has 0 spiro atoms. The van der Waals surface area contributed by atoms with Crippen LogP contribution in [0.25, 0.3) is 0 Å². The van der Waals surface area contributed by atoms with E-state index in [0.29, 0.717) is 35.7 Å². The van der Waals surface area contributed by atoms with Crippen LogP contribution in [-0.4, -0.2) is 55.2 Å². The number of rotatable bonds is 14. The fraction of sp³-hybridized carbons (Fsp3) is 0.471. The molecule has 2 aromatic heterocycles. The predicted molar refractivity (Wildman–Crippen MR) is 185 cm³/mol. The first-order valence-corrected chi connectivity index (χ1v) is 16.1. The van der Waals surface area contributed by atoms with Crippen molar-refractivity contribution in [2.45, 2.75) is 91.7 Å². The Balaban J connectivity index is 0.000000271. The highest BCUT2D eigenvalue weighted by molar-refractivity contribution is 5.35. The van der Waals surface area contributed by atoms with Gasteiger partial charge in [-0.2, -0.15) is 29.9 Å². The number of nitrogen functional groups attached to an aromatic ring is 2. The SMILES string of the molecule is CCC(CCOc1ccc(F)c(C)c1)Nc1nc(N)nc(C(C)(C)F)n1.Cc1ccc(OCC(C)Nc2nc(N)nc(C(C)(C)F)n2)cc1F. The van der Waals surface area contributed by atoms with Gasteiger partial charge < -0.3 is 31.6 Å². The molecule has 0 aliphatic carbocycles. The van der Waals surface area contributed by atoms with Crippen molar-refractivity contribution in [3.8, 4) is 11.5 Å². The number of benzene rings is 2. The average Bonchev–Trinajstić information content (AvgIpc) is 3.02. The number of alkyl halides is 2. The molecule has 0 aliphatic rings. The van der Waals surface area contributed by atoms with E-state index in [1.807, 2.05) is 13.8 Å². The van der Waals surface area contributed by atoms with Crippen LogP contribution in [0.3, 0.4) is 0 Å². The van der Waals surface area contributed by atoms with Gasteiger partial charge in [0.05, 0.1) is 12.6 Å². The highest BCUT2D eigenvalue weighted by Crippen LogP contribution is 2.24. The van der Waals surface area contributed by atoms with Crippen molar-refractivity contribution < 1.29 is 27.0 Å². The van der Waals surface area contributed by atoms with Crippen LogP contribution in [0.4, 0.5) is 41.4 Å². The van der Waals surface area contributed by atoms with Crippen molar-refractivity contribution in [3.63, 3.8) is 0 Å². The van der Waals surface area contributed by atoms with Crippen LogP contribution in [0, 0.1) is 25.5 Å². The Hall–Kier alpha value is -5.02. The van der Waals surface area contributed by atoms with Gasteiger partial charge in [0.1, 0.15) is 29.7 Å². The van der Waals surface area contributed by atoms with Crippen LogP contribution in [0.1, 0.15) is 77.2 Å². The molecule has 0 aliphatic heterocycles. The number of anilines is 4. The van der Waals surface area contributed by atoms with Crippen LogP contribution in [0.5, 0.6) is 11.5 Å². The van der Waals surface area contributed by atoms with Crippen LogP contribution in [0.15, 0.2) is 36.4 Å². The lowest BCUT2D eigenvalue weighted by molar-refractivity contribution is 0.206. The maximum Gasteiger partial charge on any atom is 0.228 e. The summed E-state index contributed by atoms with van der Waals surface area (Å²) >= 11 is 0. The Kier molecular flexibility index (Phi) is 13.5. The zero-order valence-corrected chi connectivity index (χ0v) is 29.6. The van der Waals surface area contributed by atoms with Gasteiger partial charge in [-0.05, 0) is 90.3 Å². The topological polar surface area (TPSA) is 172 Å². The molecule has 4 aromatic rings. The van der Waals surface area contributed by atoms with Gasteiger partial charge in [-0.15, -0.1) is 0 Å². The largest absolute Gasteiger partial charge is 0.494 e. The van der Waals surface area contributed by atoms with Crippen LogP contribution in [-0.2, 0) is 11.3 Å². The fourth-order valence-electron chi connectivity index (χ4n) is 4.18. The maximum absolute atomic E-state index is 14.1. The van der Waals surface area contributed by atoms with Crippen LogP contribution >= 0.6 is 0 Å². The number of halogens is 4. The number of hydrogen-bond donors (Lipinski definition) is 4. The van der Waals surface area contributed by atoms with E-state index in [0.717, 1.165) is 6.42 Å². The number of nitrogens with zero attached hydrogens (tertiary/aromatic N) is 6. The number of nitrogens with two attached hydrogens (primary N) is 2. The summed E-state index contributed by atoms with van der Waals surface area (Å²) in [4.78, 5) is 23.7. The third kappa shape index (κ3) is 12.5. The van der Waals surface area contributed by atoms with Gasteiger partial charge in [-0.25, -0.2) is 17.6 Å². The molecule has 50 heavy (non-hydrogen) atoms. The first-order valence-electron chi connectivity index (χ1n) is 16.1. The Bertz CT molecular complexity index is 1720. The Morgan fingerprint density at radius 2 is 1.26 bits per heavy atom. The van der Waals surface area contributed by atoms with Gasteiger partial charge in [-0.1, -0.05) is 13.0 Å². The summed E-state index contributed by atoms with van der Waals surface area (Å²) in [5.74, 6) is 0.691. The average molecular weight is 703 g/mol. The first kappa shape index (κ1) is 39.4. The Morgan fingerprint density at radius 3 is 1.78 bits per heavy atom. The molecule has 6 N–H and O–H groups in total. The molecule has 4 rings (SSSR count). The molecule has 2 aromatic carbocycles. The van der Waals surface area contributed by atoms with E-state index in [4.69, 9.17) is 20.9 Å². The second kappa shape index (κ2) is 17.1. The number of nitrogens with one attached hydrogen (secondary N) is 2. The van der Waals surface area contributed by atoms with Crippen LogP contribution < -0.4 is 31.6 Å². The summed E-state index contributed by atoms with van der Waals surface area (Å²) in [6, 6.07) is 9.09. The highest BCUT2D eigenvalue weighted by Gasteiger charge is 2.25. The lowest BCUT2D eigenvalue weighted by Crippen LogP contribution is -2.26. The quantitative estimate of drug-likeness (QED) is 0.102. The first-order chi connectivity index (χ1) is 23.3. The summed E-state index contributed by atoms with van der Waals surface area (Å²) in [5.41, 5.74) is 8.89. The molecule has 0 saturated heterocycles. The van der Waals surface area contributed by atoms with E-state index in [2.05, 4.69) is 40.5 Å². The summed E-state index contributed by atoms with van der Waals surface area (Å²) in [7, 11) is 0. The van der Waals surface area contributed by atoms with E-state index < -0.39 is 11.3 Å². The molecule has 12 nitrogen and oxygen atoms in total. The molecule has 2 unspecified atom stereocenters. The summed E-state index contributed by atoms with van der Waals surface area (Å²) in [6.07, 6.45) is 1.44. The minimum atomic E-state index is -1.73. The Labute approximate surface area is 289 Å². The van der Waals surface area contributed by atoms with Crippen LogP contribution in [0.2, 0.25) is 0 Å². The number of ether oxygens (including phenoxy) is 2. The molecule has 0 radical (unpaired) electrons. The van der Waals surface area contributed by atoms with Gasteiger partial charge in [0.2, 0.25) is 23.8 Å². The maximum atomic E-state index is 14.1. The van der Waals surface area contributed by atoms with E-state index in [1.165, 1.54) is 39.8 Å². The minimum Gasteiger partial charge on any atom is -0.494 e. The molecule has 0 fully saturated rings. The van der Waals surface area contributed by atoms with Crippen molar-refractivity contribution in [2.75, 3.05) is 35.3 Å². The van der Waals surface area contributed by atoms with Gasteiger partial charge in [0, 0.05) is 18.5 Å². The van der Waals surface area contributed by atoms with Gasteiger partial charge in [-0.3, -0.25) is 0 Å².